The number of anilines is 1. The van der Waals surface area contributed by atoms with Crippen LogP contribution in [0.25, 0.3) is 0 Å². The van der Waals surface area contributed by atoms with Gasteiger partial charge in [0.05, 0.1) is 25.1 Å². The van der Waals surface area contributed by atoms with E-state index in [1.165, 1.54) is 0 Å². The maximum atomic E-state index is 11.7. The average molecular weight is 235 g/mol. The van der Waals surface area contributed by atoms with E-state index < -0.39 is 0 Å². The molecule has 1 aliphatic rings. The zero-order chi connectivity index (χ0) is 12.1. The van der Waals surface area contributed by atoms with Gasteiger partial charge in [0.2, 0.25) is 5.91 Å². The Labute approximate surface area is 101 Å². The van der Waals surface area contributed by atoms with Crippen molar-refractivity contribution in [2.75, 3.05) is 25.1 Å². The molecule has 1 amide bonds. The van der Waals surface area contributed by atoms with Gasteiger partial charge in [-0.1, -0.05) is 0 Å². The van der Waals surface area contributed by atoms with Crippen LogP contribution in [0.1, 0.15) is 12.1 Å². The first kappa shape index (κ1) is 12.0. The van der Waals surface area contributed by atoms with E-state index in [4.69, 9.17) is 4.74 Å². The number of nitrogens with one attached hydrogen (secondary N) is 2. The largest absolute Gasteiger partial charge is 0.378 e. The molecule has 0 aliphatic carbocycles. The van der Waals surface area contributed by atoms with Crippen LogP contribution in [-0.2, 0) is 9.53 Å². The van der Waals surface area contributed by atoms with E-state index in [2.05, 4.69) is 15.6 Å². The molecule has 5 heteroatoms. The Kier molecular flexibility index (Phi) is 4.06. The van der Waals surface area contributed by atoms with Gasteiger partial charge < -0.3 is 15.4 Å². The molecule has 0 aromatic carbocycles. The fourth-order valence-corrected chi connectivity index (χ4v) is 1.73. The van der Waals surface area contributed by atoms with E-state index in [1.807, 2.05) is 19.1 Å². The van der Waals surface area contributed by atoms with Crippen molar-refractivity contribution in [2.45, 2.75) is 19.4 Å². The number of carbonyl (C=O) groups excluding carboxylic acids is 1. The van der Waals surface area contributed by atoms with Crippen molar-refractivity contribution < 1.29 is 9.53 Å². The Balaban J connectivity index is 1.82. The molecule has 0 bridgehead atoms. The van der Waals surface area contributed by atoms with Crippen LogP contribution in [0, 0.1) is 6.92 Å². The highest BCUT2D eigenvalue weighted by Crippen LogP contribution is 2.07. The summed E-state index contributed by atoms with van der Waals surface area (Å²) in [5, 5.41) is 6.06. The molecule has 2 heterocycles. The van der Waals surface area contributed by atoms with Gasteiger partial charge in [-0.05, 0) is 19.1 Å². The minimum Gasteiger partial charge on any atom is -0.378 e. The van der Waals surface area contributed by atoms with Gasteiger partial charge in [-0.2, -0.15) is 0 Å². The molecule has 1 fully saturated rings. The van der Waals surface area contributed by atoms with Gasteiger partial charge in [0.15, 0.2) is 0 Å². The van der Waals surface area contributed by atoms with Crippen LogP contribution in [0.3, 0.4) is 0 Å². The van der Waals surface area contributed by atoms with E-state index in [-0.39, 0.29) is 11.9 Å². The van der Waals surface area contributed by atoms with Crippen molar-refractivity contribution in [1.82, 2.24) is 10.3 Å². The Bertz CT molecular complexity index is 372. The molecular formula is C12H17N3O2. The Morgan fingerprint density at radius 2 is 2.53 bits per heavy atom. The fraction of sp³-hybridized carbons (Fsp3) is 0.500. The Hall–Kier alpha value is -1.46. The third-order valence-corrected chi connectivity index (χ3v) is 2.63. The molecule has 0 spiro atoms. The maximum absolute atomic E-state index is 11.7. The summed E-state index contributed by atoms with van der Waals surface area (Å²) in [7, 11) is 0. The first-order chi connectivity index (χ1) is 8.24. The predicted octanol–water partition coefficient (Wildman–Crippen LogP) is 0.707. The summed E-state index contributed by atoms with van der Waals surface area (Å²) in [5.41, 5.74) is 1.67. The fourth-order valence-electron chi connectivity index (χ4n) is 1.73. The monoisotopic (exact) mass is 235 g/mol. The van der Waals surface area contributed by atoms with Crippen LogP contribution in [0.15, 0.2) is 18.3 Å². The highest BCUT2D eigenvalue weighted by molar-refractivity contribution is 5.90. The lowest BCUT2D eigenvalue weighted by Gasteiger charge is -2.23. The third kappa shape index (κ3) is 3.80. The Morgan fingerprint density at radius 1 is 1.65 bits per heavy atom. The van der Waals surface area contributed by atoms with Crippen molar-refractivity contribution in [3.05, 3.63) is 24.0 Å². The summed E-state index contributed by atoms with van der Waals surface area (Å²) in [5.74, 6) is -0.0151. The van der Waals surface area contributed by atoms with Crippen molar-refractivity contribution in [1.29, 1.82) is 0 Å². The molecule has 1 aromatic heterocycles. The van der Waals surface area contributed by atoms with E-state index >= 15 is 0 Å². The van der Waals surface area contributed by atoms with Gasteiger partial charge in [-0.15, -0.1) is 0 Å². The highest BCUT2D eigenvalue weighted by atomic mass is 16.5. The summed E-state index contributed by atoms with van der Waals surface area (Å²) in [6.07, 6.45) is 2.09. The highest BCUT2D eigenvalue weighted by Gasteiger charge is 2.16. The average Bonchev–Trinajstić information content (AvgIpc) is 2.33. The van der Waals surface area contributed by atoms with Gasteiger partial charge in [-0.25, -0.2) is 0 Å². The lowest BCUT2D eigenvalue weighted by molar-refractivity contribution is -0.117. The topological polar surface area (TPSA) is 63.2 Å². The van der Waals surface area contributed by atoms with Crippen LogP contribution in [0.4, 0.5) is 5.69 Å². The molecule has 1 aliphatic heterocycles. The molecule has 2 N–H and O–H groups in total. The van der Waals surface area contributed by atoms with Crippen LogP contribution < -0.4 is 10.6 Å². The van der Waals surface area contributed by atoms with Crippen molar-refractivity contribution in [3.63, 3.8) is 0 Å². The zero-order valence-electron chi connectivity index (χ0n) is 9.90. The lowest BCUT2D eigenvalue weighted by atomic mass is 10.2. The summed E-state index contributed by atoms with van der Waals surface area (Å²) >= 11 is 0. The quantitative estimate of drug-likeness (QED) is 0.810. The number of carbonyl (C=O) groups is 1. The smallest absolute Gasteiger partial charge is 0.226 e. The Morgan fingerprint density at radius 3 is 3.18 bits per heavy atom. The number of aromatic nitrogens is 1. The number of hydrogen-bond acceptors (Lipinski definition) is 4. The number of hydrogen-bond donors (Lipinski definition) is 2. The van der Waals surface area contributed by atoms with E-state index in [0.29, 0.717) is 13.0 Å². The van der Waals surface area contributed by atoms with Crippen LogP contribution >= 0.6 is 0 Å². The van der Waals surface area contributed by atoms with Crippen molar-refractivity contribution in [3.8, 4) is 0 Å². The molecule has 1 unspecified atom stereocenters. The van der Waals surface area contributed by atoms with Crippen LogP contribution in [-0.4, -0.2) is 36.7 Å². The SMILES string of the molecule is Cc1ccc(NC(=O)CC2COCCN2)cn1. The van der Waals surface area contributed by atoms with Gasteiger partial charge >= 0.3 is 0 Å². The predicted molar refractivity (Wildman–Crippen MR) is 64.8 cm³/mol. The van der Waals surface area contributed by atoms with Gasteiger partial charge in [0.1, 0.15) is 0 Å². The number of ether oxygens (including phenoxy) is 1. The molecule has 92 valence electrons. The summed E-state index contributed by atoms with van der Waals surface area (Å²) < 4.78 is 5.29. The zero-order valence-corrected chi connectivity index (χ0v) is 9.90. The molecule has 1 aromatic rings. The van der Waals surface area contributed by atoms with Crippen molar-refractivity contribution in [2.24, 2.45) is 0 Å². The van der Waals surface area contributed by atoms with Crippen molar-refractivity contribution >= 4 is 11.6 Å². The first-order valence-corrected chi connectivity index (χ1v) is 5.77. The molecular weight excluding hydrogens is 218 g/mol. The van der Waals surface area contributed by atoms with Crippen LogP contribution in [0.2, 0.25) is 0 Å². The lowest BCUT2D eigenvalue weighted by Crippen LogP contribution is -2.43. The van der Waals surface area contributed by atoms with E-state index in [1.54, 1.807) is 6.20 Å². The minimum atomic E-state index is -0.0151. The normalized spacial score (nSPS) is 19.9. The third-order valence-electron chi connectivity index (χ3n) is 2.63. The molecule has 17 heavy (non-hydrogen) atoms. The first-order valence-electron chi connectivity index (χ1n) is 5.77. The standard InChI is InChI=1S/C12H17N3O2/c1-9-2-3-10(7-14-9)15-12(16)6-11-8-17-5-4-13-11/h2-3,7,11,13H,4-6,8H2,1H3,(H,15,16). The van der Waals surface area contributed by atoms with E-state index in [0.717, 1.165) is 24.5 Å². The summed E-state index contributed by atoms with van der Waals surface area (Å²) in [6.45, 7) is 4.04. The second-order valence-corrected chi connectivity index (χ2v) is 4.17. The minimum absolute atomic E-state index is 0.0151. The number of aryl methyl sites for hydroxylation is 1. The number of amides is 1. The van der Waals surface area contributed by atoms with Crippen LogP contribution in [0.5, 0.6) is 0 Å². The van der Waals surface area contributed by atoms with Gasteiger partial charge in [0, 0.05) is 24.7 Å². The molecule has 1 atom stereocenters. The summed E-state index contributed by atoms with van der Waals surface area (Å²) in [4.78, 5) is 15.9. The molecule has 0 saturated carbocycles. The number of morpholine rings is 1. The maximum Gasteiger partial charge on any atom is 0.226 e. The number of nitrogens with zero attached hydrogens (tertiary/aromatic N) is 1. The number of pyridine rings is 1. The second kappa shape index (κ2) is 5.75. The molecule has 5 nitrogen and oxygen atoms in total. The van der Waals surface area contributed by atoms with E-state index in [9.17, 15) is 4.79 Å². The number of rotatable bonds is 3. The second-order valence-electron chi connectivity index (χ2n) is 4.17. The summed E-state index contributed by atoms with van der Waals surface area (Å²) in [6, 6.07) is 3.84. The molecule has 0 radical (unpaired) electrons. The van der Waals surface area contributed by atoms with Gasteiger partial charge in [-0.3, -0.25) is 9.78 Å². The molecule has 1 saturated heterocycles. The van der Waals surface area contributed by atoms with Gasteiger partial charge in [0.25, 0.3) is 0 Å². The molecule has 2 rings (SSSR count).